The van der Waals surface area contributed by atoms with E-state index >= 15 is 0 Å². The molecule has 59 heavy (non-hydrogen) atoms. The van der Waals surface area contributed by atoms with Gasteiger partial charge in [0, 0.05) is 76.8 Å². The Kier molecular flexibility index (Phi) is 9.73. The van der Waals surface area contributed by atoms with Crippen LogP contribution < -0.4 is 25.1 Å². The number of hydrogen-bond acceptors (Lipinski definition) is 11. The molecule has 1 N–H and O–H groups in total. The largest absolute Gasteiger partial charge is 0.496 e. The van der Waals surface area contributed by atoms with Crippen LogP contribution in [0.15, 0.2) is 59.8 Å². The number of imide groups is 2. The van der Waals surface area contributed by atoms with Gasteiger partial charge in [-0.15, -0.1) is 0 Å². The Bertz CT molecular complexity index is 2460. The van der Waals surface area contributed by atoms with Crippen molar-refractivity contribution in [3.63, 3.8) is 0 Å². The van der Waals surface area contributed by atoms with Crippen LogP contribution in [0.4, 0.5) is 0 Å². The molecule has 15 heteroatoms. The highest BCUT2D eigenvalue weighted by atomic mass is 16.5. The number of rotatable bonds is 10. The number of amides is 5. The second-order valence-electron chi connectivity index (χ2n) is 16.7. The number of ether oxygens (including phenoxy) is 3. The van der Waals surface area contributed by atoms with Crippen LogP contribution in [0, 0.1) is 11.3 Å². The maximum absolute atomic E-state index is 13.6. The van der Waals surface area contributed by atoms with Gasteiger partial charge in [-0.05, 0) is 90.8 Å². The average molecular weight is 803 g/mol. The van der Waals surface area contributed by atoms with Gasteiger partial charge in [-0.3, -0.25) is 48.9 Å². The number of hydrogen-bond donors (Lipinski definition) is 1. The molecule has 306 valence electrons. The fourth-order valence-corrected chi connectivity index (χ4v) is 9.83. The van der Waals surface area contributed by atoms with Gasteiger partial charge in [-0.25, -0.2) is 0 Å². The molecular formula is C44H46N6O9. The van der Waals surface area contributed by atoms with E-state index in [1.54, 1.807) is 56.4 Å². The monoisotopic (exact) mass is 802 g/mol. The number of pyridine rings is 2. The van der Waals surface area contributed by atoms with Crippen LogP contribution >= 0.6 is 0 Å². The highest BCUT2D eigenvalue weighted by molar-refractivity contribution is 6.23. The van der Waals surface area contributed by atoms with Crippen LogP contribution in [0.2, 0.25) is 0 Å². The van der Waals surface area contributed by atoms with E-state index in [4.69, 9.17) is 14.2 Å². The Labute approximate surface area is 340 Å². The Morgan fingerprint density at radius 2 is 1.68 bits per heavy atom. The molecule has 5 amide bonds. The third kappa shape index (κ3) is 6.90. The van der Waals surface area contributed by atoms with Crippen molar-refractivity contribution in [2.24, 2.45) is 18.4 Å². The Morgan fingerprint density at radius 3 is 2.41 bits per heavy atom. The zero-order valence-electron chi connectivity index (χ0n) is 33.3. The normalized spacial score (nSPS) is 23.2. The van der Waals surface area contributed by atoms with Crippen molar-refractivity contribution in [3.05, 3.63) is 82.0 Å². The van der Waals surface area contributed by atoms with Crippen molar-refractivity contribution in [1.29, 1.82) is 0 Å². The average Bonchev–Trinajstić information content (AvgIpc) is 3.45. The van der Waals surface area contributed by atoms with Gasteiger partial charge >= 0.3 is 0 Å². The predicted molar refractivity (Wildman–Crippen MR) is 214 cm³/mol. The van der Waals surface area contributed by atoms with E-state index in [2.05, 4.69) is 15.2 Å². The van der Waals surface area contributed by atoms with E-state index in [1.807, 2.05) is 29.3 Å². The number of aryl methyl sites for hydroxylation is 1. The number of likely N-dealkylation sites (tertiary alicyclic amines) is 2. The zero-order chi connectivity index (χ0) is 41.2. The van der Waals surface area contributed by atoms with Gasteiger partial charge in [0.05, 0.1) is 42.4 Å². The van der Waals surface area contributed by atoms with Crippen LogP contribution in [0.1, 0.15) is 71.2 Å². The molecule has 1 aliphatic carbocycles. The first kappa shape index (κ1) is 38.4. The molecule has 6 heterocycles. The number of fused-ring (bicyclic) bond motifs is 2. The number of benzene rings is 2. The number of carbonyl (C=O) groups excluding carboxylic acids is 5. The first-order valence-corrected chi connectivity index (χ1v) is 20.2. The van der Waals surface area contributed by atoms with Crippen LogP contribution in [-0.2, 0) is 28.0 Å². The van der Waals surface area contributed by atoms with E-state index in [1.165, 1.54) is 0 Å². The number of aromatic nitrogens is 2. The number of piperidine rings is 2. The first-order valence-electron chi connectivity index (χ1n) is 20.2. The lowest BCUT2D eigenvalue weighted by Crippen LogP contribution is -2.56. The standard InChI is InChI=1S/C44H46N6O9/c1-47-22-33(29-9-11-45-19-32(29)41(47)54)26-14-36(57-2)34(37(15-26)58-3)23-48-20-25(21-48)13-39(52)49-12-4-10-44(24-49)17-28(18-44)59-27-5-6-30-31(16-27)43(56)50(42(30)55)35-7-8-38(51)46-40(35)53/h5-6,9,11,14-16,19,22,25,28,35H,4,7-8,10,12-13,17-18,20-21,23-24H2,1-3H3,(H,46,51,53)/t28?,35-,44?/m0/s1. The van der Waals surface area contributed by atoms with E-state index in [9.17, 15) is 28.8 Å². The molecule has 0 bridgehead atoms. The molecular weight excluding hydrogens is 757 g/mol. The number of nitrogens with zero attached hydrogens (tertiary/aromatic N) is 5. The molecule has 9 rings (SSSR count). The van der Waals surface area contributed by atoms with Crippen LogP contribution in [0.5, 0.6) is 17.2 Å². The molecule has 1 saturated carbocycles. The lowest BCUT2D eigenvalue weighted by atomic mass is 9.62. The minimum atomic E-state index is -1.02. The van der Waals surface area contributed by atoms with Crippen molar-refractivity contribution in [2.75, 3.05) is 40.4 Å². The van der Waals surface area contributed by atoms with Gasteiger partial charge < -0.3 is 23.7 Å². The van der Waals surface area contributed by atoms with Crippen molar-refractivity contribution in [3.8, 4) is 28.4 Å². The Hall–Kier alpha value is -6.09. The minimum absolute atomic E-state index is 0.00777. The molecule has 5 aliphatic rings. The van der Waals surface area contributed by atoms with Crippen molar-refractivity contribution >= 4 is 40.3 Å². The molecule has 1 atom stereocenters. The summed E-state index contributed by atoms with van der Waals surface area (Å²) in [4.78, 5) is 86.3. The summed E-state index contributed by atoms with van der Waals surface area (Å²) in [7, 11) is 5.01. The maximum Gasteiger partial charge on any atom is 0.262 e. The summed E-state index contributed by atoms with van der Waals surface area (Å²) in [6.45, 7) is 3.62. The molecule has 4 aromatic rings. The zero-order valence-corrected chi connectivity index (χ0v) is 33.3. The molecule has 4 fully saturated rings. The highest BCUT2D eigenvalue weighted by Crippen LogP contribution is 2.49. The van der Waals surface area contributed by atoms with E-state index < -0.39 is 29.7 Å². The minimum Gasteiger partial charge on any atom is -0.496 e. The summed E-state index contributed by atoms with van der Waals surface area (Å²) in [6, 6.07) is 9.60. The summed E-state index contributed by atoms with van der Waals surface area (Å²) >= 11 is 0. The van der Waals surface area contributed by atoms with E-state index in [-0.39, 0.29) is 52.9 Å². The van der Waals surface area contributed by atoms with Crippen LogP contribution in [-0.4, -0.2) is 106 Å². The molecule has 0 radical (unpaired) electrons. The highest BCUT2D eigenvalue weighted by Gasteiger charge is 2.49. The number of carbonyl (C=O) groups is 5. The third-order valence-corrected chi connectivity index (χ3v) is 12.8. The van der Waals surface area contributed by atoms with Crippen LogP contribution in [0.3, 0.4) is 0 Å². The summed E-state index contributed by atoms with van der Waals surface area (Å²) in [5.41, 5.74) is 2.95. The number of nitrogens with one attached hydrogen (secondary N) is 1. The fourth-order valence-electron chi connectivity index (χ4n) is 9.83. The molecule has 0 unspecified atom stereocenters. The molecule has 1 spiro atoms. The SMILES string of the molecule is COc1cc(-c2cn(C)c(=O)c3cnccc23)cc(OC)c1CN1CC(CC(=O)N2CCCC3(CC(Oc4ccc5c(c4)C(=O)N([C@H]4CCC(=O)NC4=O)C5=O)C3)C2)C1. The van der Waals surface area contributed by atoms with Gasteiger partial charge in [0.2, 0.25) is 17.7 Å². The summed E-state index contributed by atoms with van der Waals surface area (Å²) in [5.74, 6) is 0.115. The number of methoxy groups -OCH3 is 2. The Balaban J connectivity index is 0.781. The van der Waals surface area contributed by atoms with Crippen molar-refractivity contribution in [1.82, 2.24) is 29.6 Å². The van der Waals surface area contributed by atoms with Gasteiger partial charge in [0.25, 0.3) is 17.4 Å². The third-order valence-electron chi connectivity index (χ3n) is 12.8. The quantitative estimate of drug-likeness (QED) is 0.232. The lowest BCUT2D eigenvalue weighted by molar-refractivity contribution is -0.142. The van der Waals surface area contributed by atoms with Crippen molar-refractivity contribution in [2.45, 2.75) is 63.6 Å². The summed E-state index contributed by atoms with van der Waals surface area (Å²) in [5, 5.41) is 3.56. The molecule has 2 aromatic heterocycles. The second kappa shape index (κ2) is 14.9. The summed E-state index contributed by atoms with van der Waals surface area (Å²) < 4.78 is 19.6. The van der Waals surface area contributed by atoms with Gasteiger partial charge in [0.1, 0.15) is 23.3 Å². The van der Waals surface area contributed by atoms with Gasteiger partial charge in [-0.2, -0.15) is 0 Å². The topological polar surface area (TPSA) is 170 Å². The van der Waals surface area contributed by atoms with Gasteiger partial charge in [0.15, 0.2) is 0 Å². The second-order valence-corrected chi connectivity index (χ2v) is 16.7. The summed E-state index contributed by atoms with van der Waals surface area (Å²) in [6.07, 6.45) is 9.20. The van der Waals surface area contributed by atoms with E-state index in [0.717, 1.165) is 72.3 Å². The van der Waals surface area contributed by atoms with Gasteiger partial charge in [-0.1, -0.05) is 0 Å². The maximum atomic E-state index is 13.6. The van der Waals surface area contributed by atoms with Crippen molar-refractivity contribution < 1.29 is 38.2 Å². The Morgan fingerprint density at radius 1 is 0.932 bits per heavy atom. The fraction of sp³-hybridized carbons (Fsp3) is 0.432. The first-order chi connectivity index (χ1) is 28.4. The molecule has 15 nitrogen and oxygen atoms in total. The smallest absolute Gasteiger partial charge is 0.262 e. The van der Waals surface area contributed by atoms with Crippen LogP contribution in [0.25, 0.3) is 21.9 Å². The molecule has 2 aromatic carbocycles. The predicted octanol–water partition coefficient (Wildman–Crippen LogP) is 3.69. The molecule has 4 aliphatic heterocycles. The molecule has 3 saturated heterocycles. The lowest BCUT2D eigenvalue weighted by Gasteiger charge is -2.52. The van der Waals surface area contributed by atoms with E-state index in [0.29, 0.717) is 42.1 Å².